The first-order valence-corrected chi connectivity index (χ1v) is 7.72. The molecular formula is C12H23NaO7S. The monoisotopic (exact) mass is 334 g/mol. The predicted octanol–water partition coefficient (Wildman–Crippen LogP) is -1.16. The summed E-state index contributed by atoms with van der Waals surface area (Å²) in [4.78, 5) is 20.0. The van der Waals surface area contributed by atoms with Crippen LogP contribution in [0.4, 0.5) is 0 Å². The number of unbranched alkanes of at least 4 members (excludes halogenated alkanes) is 2. The van der Waals surface area contributed by atoms with Crippen LogP contribution in [0, 0.1) is 12.8 Å². The molecule has 0 spiro atoms. The molecule has 0 aliphatic carbocycles. The van der Waals surface area contributed by atoms with Crippen molar-refractivity contribution in [2.45, 2.75) is 51.2 Å². The SMILES string of the molecule is O=C(O)CC(C(=O)O)S(=O)(=O)O.[CH2-]CCCCC(C)C.[Na+]. The van der Waals surface area contributed by atoms with Crippen LogP contribution in [0.3, 0.4) is 0 Å². The van der Waals surface area contributed by atoms with Crippen LogP contribution < -0.4 is 29.6 Å². The second-order valence-electron chi connectivity index (χ2n) is 4.68. The van der Waals surface area contributed by atoms with Gasteiger partial charge in [-0.15, -0.1) is 0 Å². The van der Waals surface area contributed by atoms with E-state index < -0.39 is 33.7 Å². The van der Waals surface area contributed by atoms with Gasteiger partial charge in [0.1, 0.15) is 0 Å². The van der Waals surface area contributed by atoms with E-state index in [-0.39, 0.29) is 29.6 Å². The van der Waals surface area contributed by atoms with Crippen molar-refractivity contribution in [3.8, 4) is 0 Å². The quantitative estimate of drug-likeness (QED) is 0.221. The maximum absolute atomic E-state index is 10.2. The third kappa shape index (κ3) is 17.8. The molecule has 0 bridgehead atoms. The molecule has 1 unspecified atom stereocenters. The largest absolute Gasteiger partial charge is 1.00 e. The zero-order valence-corrected chi connectivity index (χ0v) is 15.6. The van der Waals surface area contributed by atoms with E-state index in [1.807, 2.05) is 0 Å². The van der Waals surface area contributed by atoms with Crippen LogP contribution in [0.15, 0.2) is 0 Å². The van der Waals surface area contributed by atoms with Crippen molar-refractivity contribution in [3.63, 3.8) is 0 Å². The molecule has 0 aliphatic rings. The molecule has 0 heterocycles. The first-order chi connectivity index (χ1) is 9.02. The van der Waals surface area contributed by atoms with Crippen molar-refractivity contribution in [2.75, 3.05) is 0 Å². The Hall–Kier alpha value is -0.150. The maximum atomic E-state index is 10.2. The van der Waals surface area contributed by atoms with E-state index in [0.29, 0.717) is 0 Å². The molecule has 0 saturated carbocycles. The van der Waals surface area contributed by atoms with Gasteiger partial charge >= 0.3 is 41.5 Å². The minimum absolute atomic E-state index is 0. The van der Waals surface area contributed by atoms with E-state index in [2.05, 4.69) is 20.8 Å². The maximum Gasteiger partial charge on any atom is 1.00 e. The minimum Gasteiger partial charge on any atom is -0.481 e. The van der Waals surface area contributed by atoms with E-state index >= 15 is 0 Å². The van der Waals surface area contributed by atoms with Gasteiger partial charge in [0.15, 0.2) is 5.25 Å². The zero-order chi connectivity index (χ0) is 16.3. The van der Waals surface area contributed by atoms with Gasteiger partial charge in [-0.25, -0.2) is 0 Å². The summed E-state index contributed by atoms with van der Waals surface area (Å²) in [6.45, 7) is 8.32. The number of carbonyl (C=O) groups is 2. The van der Waals surface area contributed by atoms with Crippen molar-refractivity contribution in [3.05, 3.63) is 6.92 Å². The average molecular weight is 334 g/mol. The van der Waals surface area contributed by atoms with Crippen molar-refractivity contribution in [1.29, 1.82) is 0 Å². The molecule has 0 aromatic heterocycles. The molecule has 120 valence electrons. The van der Waals surface area contributed by atoms with E-state index in [9.17, 15) is 18.0 Å². The summed E-state index contributed by atoms with van der Waals surface area (Å²) in [5.74, 6) is -2.62. The fourth-order valence-corrected chi connectivity index (χ4v) is 1.82. The molecule has 0 amide bonds. The normalized spacial score (nSPS) is 11.9. The fourth-order valence-electron chi connectivity index (χ4n) is 1.21. The molecule has 21 heavy (non-hydrogen) atoms. The Bertz CT molecular complexity index is 392. The summed E-state index contributed by atoms with van der Waals surface area (Å²) in [6, 6.07) is 0. The number of hydrogen-bond donors (Lipinski definition) is 3. The van der Waals surface area contributed by atoms with E-state index in [1.54, 1.807) is 0 Å². The molecule has 7 nitrogen and oxygen atoms in total. The van der Waals surface area contributed by atoms with Gasteiger partial charge in [0.05, 0.1) is 6.42 Å². The van der Waals surface area contributed by atoms with Crippen LogP contribution in [0.25, 0.3) is 0 Å². The van der Waals surface area contributed by atoms with Gasteiger partial charge in [0.25, 0.3) is 10.1 Å². The summed E-state index contributed by atoms with van der Waals surface area (Å²) in [5, 5.41) is 13.9. The molecule has 9 heteroatoms. The first-order valence-electron chi connectivity index (χ1n) is 6.22. The first kappa shape index (κ1) is 25.8. The Labute approximate surface area is 148 Å². The molecule has 3 N–H and O–H groups in total. The fraction of sp³-hybridized carbons (Fsp3) is 0.750. The number of hydrogen-bond acceptors (Lipinski definition) is 4. The molecule has 0 aromatic rings. The van der Waals surface area contributed by atoms with Gasteiger partial charge in [-0.1, -0.05) is 33.1 Å². The Balaban J connectivity index is -0.000000317. The van der Waals surface area contributed by atoms with Crippen LogP contribution in [0.2, 0.25) is 0 Å². The van der Waals surface area contributed by atoms with Crippen LogP contribution in [-0.4, -0.2) is 40.4 Å². The number of carboxylic acids is 2. The predicted molar refractivity (Wildman–Crippen MR) is 73.9 cm³/mol. The van der Waals surface area contributed by atoms with Crippen LogP contribution in [-0.2, 0) is 19.7 Å². The van der Waals surface area contributed by atoms with Gasteiger partial charge < -0.3 is 17.1 Å². The standard InChI is InChI=1S/C8H17.C4H6O7S.Na/c1-4-5-6-7-8(2)3;5-3(6)1-2(4(7)8)12(9,10)11;/h8H,1,4-7H2,2-3H3;2H,1H2,(H,5,6)(H,7,8)(H,9,10,11);/q-1;;+1. The van der Waals surface area contributed by atoms with Gasteiger partial charge in [-0.3, -0.25) is 14.1 Å². The number of carboxylic acid groups (broad SMARTS) is 2. The second kappa shape index (κ2) is 13.5. The summed E-state index contributed by atoms with van der Waals surface area (Å²) >= 11 is 0. The Morgan fingerprint density at radius 3 is 1.81 bits per heavy atom. The minimum atomic E-state index is -4.84. The number of aliphatic carboxylic acids is 2. The number of rotatable bonds is 8. The average Bonchev–Trinajstić information content (AvgIpc) is 2.24. The summed E-state index contributed by atoms with van der Waals surface area (Å²) in [6.07, 6.45) is 3.98. The molecule has 0 saturated heterocycles. The van der Waals surface area contributed by atoms with E-state index in [4.69, 9.17) is 14.8 Å². The molecule has 0 aromatic carbocycles. The third-order valence-electron chi connectivity index (χ3n) is 2.28. The molecule has 0 fully saturated rings. The summed E-state index contributed by atoms with van der Waals surface area (Å²) < 4.78 is 28.7. The van der Waals surface area contributed by atoms with Crippen molar-refractivity contribution in [2.24, 2.45) is 5.92 Å². The van der Waals surface area contributed by atoms with Gasteiger partial charge in [0.2, 0.25) is 0 Å². The van der Waals surface area contributed by atoms with Crippen molar-refractivity contribution >= 4 is 22.1 Å². The molecule has 0 radical (unpaired) electrons. The van der Waals surface area contributed by atoms with E-state index in [1.165, 1.54) is 19.3 Å². The molecule has 0 rings (SSSR count). The smallest absolute Gasteiger partial charge is 0.481 e. The van der Waals surface area contributed by atoms with Crippen LogP contribution >= 0.6 is 0 Å². The van der Waals surface area contributed by atoms with Gasteiger partial charge in [-0.05, 0) is 5.92 Å². The van der Waals surface area contributed by atoms with Crippen molar-refractivity contribution in [1.82, 2.24) is 0 Å². The van der Waals surface area contributed by atoms with Gasteiger partial charge in [-0.2, -0.15) is 14.8 Å². The van der Waals surface area contributed by atoms with Gasteiger partial charge in [0, 0.05) is 0 Å². The van der Waals surface area contributed by atoms with Crippen LogP contribution in [0.1, 0.15) is 46.0 Å². The Morgan fingerprint density at radius 2 is 1.62 bits per heavy atom. The Kier molecular flexibility index (Phi) is 16.6. The summed E-state index contributed by atoms with van der Waals surface area (Å²) in [7, 11) is -4.84. The zero-order valence-electron chi connectivity index (χ0n) is 12.8. The van der Waals surface area contributed by atoms with E-state index in [0.717, 1.165) is 12.3 Å². The molecule has 1 atom stereocenters. The topological polar surface area (TPSA) is 129 Å². The summed E-state index contributed by atoms with van der Waals surface area (Å²) in [5.41, 5.74) is 0. The third-order valence-corrected chi connectivity index (χ3v) is 3.36. The van der Waals surface area contributed by atoms with Crippen molar-refractivity contribution < 1.29 is 62.3 Å². The molecular weight excluding hydrogens is 311 g/mol. The Morgan fingerprint density at radius 1 is 1.14 bits per heavy atom. The second-order valence-corrected chi connectivity index (χ2v) is 6.28. The molecule has 0 aliphatic heterocycles. The van der Waals surface area contributed by atoms with Crippen LogP contribution in [0.5, 0.6) is 0 Å².